The minimum atomic E-state index is -0.511. The highest BCUT2D eigenvalue weighted by molar-refractivity contribution is 9.10. The third-order valence-corrected chi connectivity index (χ3v) is 4.20. The van der Waals surface area contributed by atoms with Gasteiger partial charge in [0.15, 0.2) is 6.61 Å². The number of carbonyl (C=O) groups is 2. The monoisotopic (exact) mass is 389 g/mol. The molecule has 0 heterocycles. The molecule has 0 unspecified atom stereocenters. The van der Waals surface area contributed by atoms with Gasteiger partial charge in [0.05, 0.1) is 11.3 Å². The molecule has 2 rings (SSSR count). The average Bonchev–Trinajstić information content (AvgIpc) is 2.55. The molecular weight excluding hydrogens is 370 g/mol. The number of rotatable bonds is 5. The van der Waals surface area contributed by atoms with Gasteiger partial charge in [-0.2, -0.15) is 0 Å². The fourth-order valence-corrected chi connectivity index (χ4v) is 2.72. The van der Waals surface area contributed by atoms with E-state index >= 15 is 0 Å². The molecule has 0 aliphatic rings. The summed E-state index contributed by atoms with van der Waals surface area (Å²) in [6, 6.07) is 12.8. The molecule has 0 aliphatic carbocycles. The Labute approximate surface area is 150 Å². The van der Waals surface area contributed by atoms with Crippen molar-refractivity contribution in [3.05, 3.63) is 63.6 Å². The minimum absolute atomic E-state index is 0.328. The topological polar surface area (TPSA) is 55.4 Å². The van der Waals surface area contributed by atoms with E-state index < -0.39 is 5.97 Å². The van der Waals surface area contributed by atoms with Gasteiger partial charge in [0.1, 0.15) is 0 Å². The van der Waals surface area contributed by atoms with Gasteiger partial charge in [-0.05, 0) is 64.2 Å². The van der Waals surface area contributed by atoms with Crippen molar-refractivity contribution in [1.82, 2.24) is 0 Å². The Morgan fingerprint density at radius 2 is 1.79 bits per heavy atom. The van der Waals surface area contributed by atoms with E-state index in [1.807, 2.05) is 31.2 Å². The lowest BCUT2D eigenvalue weighted by Crippen LogP contribution is -2.21. The van der Waals surface area contributed by atoms with E-state index in [1.54, 1.807) is 18.2 Å². The Balaban J connectivity index is 1.90. The number of hydrogen-bond acceptors (Lipinski definition) is 3. The van der Waals surface area contributed by atoms with Crippen molar-refractivity contribution in [1.29, 1.82) is 0 Å². The number of ether oxygens (including phenoxy) is 1. The van der Waals surface area contributed by atoms with Crippen LogP contribution < -0.4 is 5.32 Å². The lowest BCUT2D eigenvalue weighted by molar-refractivity contribution is -0.119. The van der Waals surface area contributed by atoms with Crippen molar-refractivity contribution < 1.29 is 14.3 Å². The molecule has 0 spiro atoms. The van der Waals surface area contributed by atoms with Crippen LogP contribution in [0.15, 0.2) is 46.9 Å². The zero-order chi connectivity index (χ0) is 17.7. The van der Waals surface area contributed by atoms with Gasteiger partial charge >= 0.3 is 5.97 Å². The summed E-state index contributed by atoms with van der Waals surface area (Å²) in [6.07, 6.45) is 0. The van der Waals surface area contributed by atoms with Crippen LogP contribution in [0.5, 0.6) is 0 Å². The van der Waals surface area contributed by atoms with Gasteiger partial charge in [0.25, 0.3) is 5.91 Å². The third-order valence-electron chi connectivity index (χ3n) is 3.55. The first kappa shape index (κ1) is 18.2. The zero-order valence-electron chi connectivity index (χ0n) is 13.9. The second kappa shape index (κ2) is 8.11. The smallest absolute Gasteiger partial charge is 0.338 e. The maximum absolute atomic E-state index is 12.0. The van der Waals surface area contributed by atoms with Crippen molar-refractivity contribution >= 4 is 33.5 Å². The summed E-state index contributed by atoms with van der Waals surface area (Å²) in [5.41, 5.74) is 3.30. The van der Waals surface area contributed by atoms with E-state index in [0.717, 1.165) is 15.6 Å². The van der Waals surface area contributed by atoms with E-state index in [4.69, 9.17) is 4.74 Å². The first-order valence-corrected chi connectivity index (χ1v) is 8.49. The summed E-state index contributed by atoms with van der Waals surface area (Å²) in [5, 5.41) is 2.71. The fourth-order valence-electron chi connectivity index (χ4n) is 2.13. The maximum Gasteiger partial charge on any atom is 0.338 e. The van der Waals surface area contributed by atoms with E-state index in [1.165, 1.54) is 0 Å². The third kappa shape index (κ3) is 4.93. The van der Waals surface area contributed by atoms with Crippen molar-refractivity contribution in [3.8, 4) is 0 Å². The second-order valence-corrected chi connectivity index (χ2v) is 6.74. The Kier molecular flexibility index (Phi) is 6.15. The number of nitrogens with one attached hydrogen (secondary N) is 1. The first-order valence-electron chi connectivity index (χ1n) is 7.70. The number of halogens is 1. The zero-order valence-corrected chi connectivity index (χ0v) is 15.5. The Morgan fingerprint density at radius 1 is 1.12 bits per heavy atom. The van der Waals surface area contributed by atoms with Crippen LogP contribution in [0.4, 0.5) is 5.69 Å². The van der Waals surface area contributed by atoms with Gasteiger partial charge in [-0.25, -0.2) is 4.79 Å². The van der Waals surface area contributed by atoms with Gasteiger partial charge in [0, 0.05) is 4.47 Å². The van der Waals surface area contributed by atoms with Crippen molar-refractivity contribution in [2.24, 2.45) is 0 Å². The Morgan fingerprint density at radius 3 is 2.38 bits per heavy atom. The van der Waals surface area contributed by atoms with E-state index in [9.17, 15) is 9.59 Å². The normalized spacial score (nSPS) is 10.5. The van der Waals surface area contributed by atoms with Crippen LogP contribution in [0.3, 0.4) is 0 Å². The standard InChI is InChI=1S/C19H20BrNO3/c1-12(2)14-5-7-15(8-6-14)19(23)24-11-18(22)21-17-9-4-13(3)10-16(17)20/h4-10,12H,11H2,1-3H3,(H,21,22). The van der Waals surface area contributed by atoms with Crippen molar-refractivity contribution in [2.75, 3.05) is 11.9 Å². The molecule has 2 aromatic carbocycles. The molecule has 0 atom stereocenters. The predicted octanol–water partition coefficient (Wildman–Crippen LogP) is 4.68. The minimum Gasteiger partial charge on any atom is -0.452 e. The number of benzene rings is 2. The lowest BCUT2D eigenvalue weighted by atomic mass is 10.0. The van der Waals surface area contributed by atoms with Crippen LogP contribution in [0.2, 0.25) is 0 Å². The van der Waals surface area contributed by atoms with E-state index in [0.29, 0.717) is 17.2 Å². The number of anilines is 1. The molecule has 4 nitrogen and oxygen atoms in total. The molecule has 0 saturated carbocycles. The van der Waals surface area contributed by atoms with E-state index in [-0.39, 0.29) is 12.5 Å². The molecule has 126 valence electrons. The molecule has 5 heteroatoms. The van der Waals surface area contributed by atoms with Gasteiger partial charge in [-0.3, -0.25) is 4.79 Å². The molecule has 0 aliphatic heterocycles. The highest BCUT2D eigenvalue weighted by atomic mass is 79.9. The molecule has 1 amide bonds. The number of esters is 1. The largest absolute Gasteiger partial charge is 0.452 e. The summed E-state index contributed by atoms with van der Waals surface area (Å²) in [4.78, 5) is 23.9. The van der Waals surface area contributed by atoms with Crippen LogP contribution in [0.25, 0.3) is 0 Å². The molecular formula is C19H20BrNO3. The highest BCUT2D eigenvalue weighted by Crippen LogP contribution is 2.23. The average molecular weight is 390 g/mol. The molecule has 0 bridgehead atoms. The predicted molar refractivity (Wildman–Crippen MR) is 98.3 cm³/mol. The van der Waals surface area contributed by atoms with Crippen LogP contribution in [-0.4, -0.2) is 18.5 Å². The van der Waals surface area contributed by atoms with Crippen LogP contribution in [-0.2, 0) is 9.53 Å². The molecule has 1 N–H and O–H groups in total. The number of aryl methyl sites for hydroxylation is 1. The summed E-state index contributed by atoms with van der Waals surface area (Å²) >= 11 is 3.39. The van der Waals surface area contributed by atoms with Gasteiger partial charge in [-0.1, -0.05) is 32.0 Å². The molecule has 2 aromatic rings. The van der Waals surface area contributed by atoms with Gasteiger partial charge < -0.3 is 10.1 Å². The first-order chi connectivity index (χ1) is 11.4. The van der Waals surface area contributed by atoms with Gasteiger partial charge in [0.2, 0.25) is 0 Å². The van der Waals surface area contributed by atoms with Crippen LogP contribution >= 0.6 is 15.9 Å². The summed E-state index contributed by atoms with van der Waals surface area (Å²) in [7, 11) is 0. The maximum atomic E-state index is 12.0. The SMILES string of the molecule is Cc1ccc(NC(=O)COC(=O)c2ccc(C(C)C)cc2)c(Br)c1. The van der Waals surface area contributed by atoms with Crippen LogP contribution in [0.1, 0.15) is 41.3 Å². The highest BCUT2D eigenvalue weighted by Gasteiger charge is 2.12. The summed E-state index contributed by atoms with van der Waals surface area (Å²) in [5.74, 6) is -0.496. The molecule has 24 heavy (non-hydrogen) atoms. The second-order valence-electron chi connectivity index (χ2n) is 5.88. The Bertz CT molecular complexity index is 739. The Hall–Kier alpha value is -2.14. The molecule has 0 saturated heterocycles. The van der Waals surface area contributed by atoms with Crippen molar-refractivity contribution in [2.45, 2.75) is 26.7 Å². The summed E-state index contributed by atoms with van der Waals surface area (Å²) < 4.78 is 5.84. The molecule has 0 aromatic heterocycles. The van der Waals surface area contributed by atoms with Crippen LogP contribution in [0, 0.1) is 6.92 Å². The summed E-state index contributed by atoms with van der Waals surface area (Å²) in [6.45, 7) is 5.80. The lowest BCUT2D eigenvalue weighted by Gasteiger charge is -2.09. The molecule has 0 fully saturated rings. The number of amides is 1. The molecule has 0 radical (unpaired) electrons. The number of carbonyl (C=O) groups excluding carboxylic acids is 2. The number of hydrogen-bond donors (Lipinski definition) is 1. The quantitative estimate of drug-likeness (QED) is 0.755. The van der Waals surface area contributed by atoms with Crippen molar-refractivity contribution in [3.63, 3.8) is 0 Å². The fraction of sp³-hybridized carbons (Fsp3) is 0.263. The van der Waals surface area contributed by atoms with E-state index in [2.05, 4.69) is 35.1 Å². The van der Waals surface area contributed by atoms with Gasteiger partial charge in [-0.15, -0.1) is 0 Å².